The SMILES string of the molecule is CC(C)OC(=O)C(C)NP(=O)(OC[C@H]1O[C@@H](n2cnc3cnc(N)nc32)[C@@](O)(C#CCF)C1O)Oc1ccccc1. The lowest BCUT2D eigenvalue weighted by Gasteiger charge is -2.26. The number of fused-ring (bicyclic) bond motifs is 1. The summed E-state index contributed by atoms with van der Waals surface area (Å²) in [4.78, 5) is 24.5. The maximum Gasteiger partial charge on any atom is 0.459 e. The van der Waals surface area contributed by atoms with Crippen LogP contribution in [-0.4, -0.2) is 78.9 Å². The van der Waals surface area contributed by atoms with Crippen LogP contribution in [-0.2, 0) is 23.4 Å². The Kier molecular flexibility index (Phi) is 9.23. The number of aromatic nitrogens is 4. The molecular formula is C25H30FN6O8P. The van der Waals surface area contributed by atoms with Crippen LogP contribution in [0.2, 0.25) is 0 Å². The summed E-state index contributed by atoms with van der Waals surface area (Å²) in [6.45, 7) is 3.00. The number of hydrogen-bond acceptors (Lipinski definition) is 12. The highest BCUT2D eigenvalue weighted by atomic mass is 31.2. The summed E-state index contributed by atoms with van der Waals surface area (Å²) in [6, 6.07) is 6.92. The number of anilines is 1. The van der Waals surface area contributed by atoms with Crippen molar-refractivity contribution >= 4 is 30.8 Å². The molecule has 6 atom stereocenters. The molecule has 2 aromatic heterocycles. The molecule has 1 aromatic carbocycles. The van der Waals surface area contributed by atoms with Crippen LogP contribution in [0, 0.1) is 11.8 Å². The summed E-state index contributed by atoms with van der Waals surface area (Å²) in [7, 11) is -4.34. The number of halogens is 1. The minimum absolute atomic E-state index is 0.0914. The number of nitrogen functional groups attached to an aromatic ring is 1. The lowest BCUT2D eigenvalue weighted by molar-refractivity contribution is -0.149. The van der Waals surface area contributed by atoms with E-state index in [-0.39, 0.29) is 17.3 Å². The number of para-hydroxylation sites is 1. The zero-order valence-electron chi connectivity index (χ0n) is 22.4. The van der Waals surface area contributed by atoms with Gasteiger partial charge in [-0.15, -0.1) is 0 Å². The van der Waals surface area contributed by atoms with Crippen molar-refractivity contribution in [3.63, 3.8) is 0 Å². The Hall–Kier alpha value is -3.64. The smallest absolute Gasteiger partial charge is 0.459 e. The molecule has 0 aliphatic carbocycles. The lowest BCUT2D eigenvalue weighted by Crippen LogP contribution is -2.46. The highest BCUT2D eigenvalue weighted by molar-refractivity contribution is 7.52. The number of hydrogen-bond donors (Lipinski definition) is 4. The molecule has 0 spiro atoms. The number of aliphatic hydroxyl groups excluding tert-OH is 1. The van der Waals surface area contributed by atoms with Crippen LogP contribution < -0.4 is 15.3 Å². The molecule has 16 heteroatoms. The van der Waals surface area contributed by atoms with Crippen molar-refractivity contribution in [1.29, 1.82) is 0 Å². The summed E-state index contributed by atoms with van der Waals surface area (Å²) in [6.07, 6.45) is -2.45. The van der Waals surface area contributed by atoms with Gasteiger partial charge in [0, 0.05) is 0 Å². The highest BCUT2D eigenvalue weighted by Gasteiger charge is 2.56. The second-order valence-electron chi connectivity index (χ2n) is 9.36. The molecule has 1 fully saturated rings. The number of nitrogens with zero attached hydrogens (tertiary/aromatic N) is 4. The molecule has 0 saturated carbocycles. The van der Waals surface area contributed by atoms with Crippen LogP contribution in [0.4, 0.5) is 10.3 Å². The van der Waals surface area contributed by atoms with Crippen molar-refractivity contribution in [3.8, 4) is 17.6 Å². The molecule has 3 aromatic rings. The van der Waals surface area contributed by atoms with Crippen LogP contribution in [0.15, 0.2) is 42.9 Å². The number of benzene rings is 1. The maximum absolute atomic E-state index is 13.8. The number of alkyl halides is 1. The van der Waals surface area contributed by atoms with E-state index < -0.39 is 63.2 Å². The minimum Gasteiger partial charge on any atom is -0.462 e. The molecule has 3 heterocycles. The van der Waals surface area contributed by atoms with Crippen molar-refractivity contribution in [1.82, 2.24) is 24.6 Å². The normalized spacial score (nSPS) is 24.4. The summed E-state index contributed by atoms with van der Waals surface area (Å²) in [5.74, 6) is 3.78. The first-order chi connectivity index (χ1) is 19.5. The standard InChI is InChI=1S/C25H30FN6O8P/c1-15(2)38-22(34)16(3)31-41(36,40-17-8-5-4-6-9-17)37-13-19-20(33)25(35,10-7-11-26)23(39-19)32-14-29-18-12-28-24(27)30-21(18)32/h4-6,8-9,12,14-16,19-20,23,33,35H,11,13H2,1-3H3,(H,31,36)(H2,27,28,30)/t16?,19-,20?,23-,25-,41?/m1/s1. The second-order valence-corrected chi connectivity index (χ2v) is 11.0. The summed E-state index contributed by atoms with van der Waals surface area (Å²) in [5.41, 5.74) is 3.77. The van der Waals surface area contributed by atoms with Gasteiger partial charge in [-0.3, -0.25) is 13.9 Å². The van der Waals surface area contributed by atoms with Crippen molar-refractivity contribution in [2.45, 2.75) is 57.0 Å². The van der Waals surface area contributed by atoms with E-state index in [0.29, 0.717) is 5.52 Å². The molecule has 1 saturated heterocycles. The Morgan fingerprint density at radius 3 is 2.73 bits per heavy atom. The van der Waals surface area contributed by atoms with Gasteiger partial charge >= 0.3 is 13.7 Å². The van der Waals surface area contributed by atoms with Gasteiger partial charge in [-0.2, -0.15) is 10.1 Å². The Morgan fingerprint density at radius 1 is 1.32 bits per heavy atom. The third kappa shape index (κ3) is 6.82. The topological polar surface area (TPSA) is 193 Å². The summed E-state index contributed by atoms with van der Waals surface area (Å²) in [5, 5.41) is 25.0. The largest absolute Gasteiger partial charge is 0.462 e. The molecule has 220 valence electrons. The number of imidazole rings is 1. The molecule has 4 rings (SSSR count). The Bertz CT molecular complexity index is 1480. The van der Waals surface area contributed by atoms with Crippen LogP contribution >= 0.6 is 7.75 Å². The fourth-order valence-electron chi connectivity index (χ4n) is 4.01. The molecule has 0 radical (unpaired) electrons. The van der Waals surface area contributed by atoms with E-state index in [1.807, 2.05) is 0 Å². The van der Waals surface area contributed by atoms with Crippen LogP contribution in [0.3, 0.4) is 0 Å². The molecule has 41 heavy (non-hydrogen) atoms. The van der Waals surface area contributed by atoms with E-state index in [1.54, 1.807) is 32.0 Å². The van der Waals surface area contributed by atoms with E-state index in [4.69, 9.17) is 24.3 Å². The maximum atomic E-state index is 13.8. The van der Waals surface area contributed by atoms with E-state index >= 15 is 0 Å². The van der Waals surface area contributed by atoms with Gasteiger partial charge in [0.05, 0.1) is 25.2 Å². The number of carbonyl (C=O) groups excluding carboxylic acids is 1. The summed E-state index contributed by atoms with van der Waals surface area (Å²) >= 11 is 0. The van der Waals surface area contributed by atoms with Crippen LogP contribution in [0.25, 0.3) is 11.2 Å². The number of nitrogens with one attached hydrogen (secondary N) is 1. The fourth-order valence-corrected chi connectivity index (χ4v) is 5.51. The fraction of sp³-hybridized carbons (Fsp3) is 0.440. The second kappa shape index (κ2) is 12.5. The number of esters is 1. The predicted octanol–water partition coefficient (Wildman–Crippen LogP) is 1.50. The predicted molar refractivity (Wildman–Crippen MR) is 143 cm³/mol. The number of ether oxygens (including phenoxy) is 2. The van der Waals surface area contributed by atoms with Gasteiger partial charge in [-0.1, -0.05) is 30.0 Å². The van der Waals surface area contributed by atoms with Crippen molar-refractivity contribution in [2.24, 2.45) is 0 Å². The van der Waals surface area contributed by atoms with Gasteiger partial charge in [0.2, 0.25) is 5.95 Å². The van der Waals surface area contributed by atoms with Gasteiger partial charge < -0.3 is 29.9 Å². The zero-order chi connectivity index (χ0) is 29.8. The molecule has 1 aliphatic rings. The van der Waals surface area contributed by atoms with Crippen molar-refractivity contribution < 1.29 is 42.5 Å². The zero-order valence-corrected chi connectivity index (χ0v) is 23.3. The Balaban J connectivity index is 1.61. The average molecular weight is 593 g/mol. The quantitative estimate of drug-likeness (QED) is 0.150. The third-order valence-corrected chi connectivity index (χ3v) is 7.50. The number of aliphatic hydroxyl groups is 2. The first kappa shape index (κ1) is 30.3. The van der Waals surface area contributed by atoms with E-state index in [2.05, 4.69) is 31.9 Å². The Morgan fingerprint density at radius 2 is 2.05 bits per heavy atom. The molecular weight excluding hydrogens is 562 g/mol. The highest BCUT2D eigenvalue weighted by Crippen LogP contribution is 2.47. The van der Waals surface area contributed by atoms with Gasteiger partial charge in [-0.25, -0.2) is 18.9 Å². The lowest BCUT2D eigenvalue weighted by atomic mass is 9.94. The number of carbonyl (C=O) groups is 1. The van der Waals surface area contributed by atoms with E-state index in [1.165, 1.54) is 36.1 Å². The molecule has 14 nitrogen and oxygen atoms in total. The van der Waals surface area contributed by atoms with Crippen molar-refractivity contribution in [2.75, 3.05) is 19.0 Å². The van der Waals surface area contributed by atoms with Gasteiger partial charge in [0.25, 0.3) is 0 Å². The monoisotopic (exact) mass is 592 g/mol. The molecule has 0 amide bonds. The molecule has 3 unspecified atom stereocenters. The van der Waals surface area contributed by atoms with Crippen LogP contribution in [0.5, 0.6) is 5.75 Å². The van der Waals surface area contributed by atoms with Crippen LogP contribution in [0.1, 0.15) is 27.0 Å². The van der Waals surface area contributed by atoms with Gasteiger partial charge in [0.1, 0.15) is 36.2 Å². The number of rotatable bonds is 10. The van der Waals surface area contributed by atoms with E-state index in [0.717, 1.165) is 0 Å². The molecule has 5 N–H and O–H groups in total. The first-order valence-electron chi connectivity index (χ1n) is 12.5. The summed E-state index contributed by atoms with van der Waals surface area (Å²) < 4.78 is 50.4. The third-order valence-electron chi connectivity index (χ3n) is 5.86. The van der Waals surface area contributed by atoms with Gasteiger partial charge in [-0.05, 0) is 32.9 Å². The molecule has 1 aliphatic heterocycles. The van der Waals surface area contributed by atoms with Gasteiger partial charge in [0.15, 0.2) is 17.5 Å². The van der Waals surface area contributed by atoms with E-state index in [9.17, 15) is 24.0 Å². The Labute approximate surface area is 234 Å². The molecule has 0 bridgehead atoms. The first-order valence-corrected chi connectivity index (χ1v) is 14.0. The number of nitrogens with two attached hydrogens (primary N) is 1. The van der Waals surface area contributed by atoms with Crippen molar-refractivity contribution in [3.05, 3.63) is 42.9 Å². The minimum atomic E-state index is -4.34. The average Bonchev–Trinajstić information content (AvgIpc) is 3.44.